The second kappa shape index (κ2) is 17.1. The van der Waals surface area contributed by atoms with Crippen molar-refractivity contribution in [1.29, 1.82) is 0 Å². The SMILES string of the molecule is CCCC(CCC)S(=O)(=O)C[C@@H](NC(=O)c1cccnc1)C(=O)N[C@@H](Cc1cc(F)cc(F)c1)[C@@H](O)[C@H](O)[C@@H](C)NC(C)=O. The topological polar surface area (TPSA) is 175 Å². The molecule has 0 aliphatic heterocycles. The summed E-state index contributed by atoms with van der Waals surface area (Å²) >= 11 is 0. The molecule has 244 valence electrons. The minimum Gasteiger partial charge on any atom is -0.388 e. The van der Waals surface area contributed by atoms with Gasteiger partial charge in [-0.2, -0.15) is 0 Å². The van der Waals surface area contributed by atoms with E-state index in [1.54, 1.807) is 0 Å². The van der Waals surface area contributed by atoms with E-state index in [1.807, 2.05) is 13.8 Å². The summed E-state index contributed by atoms with van der Waals surface area (Å²) in [6, 6.07) is 1.42. The lowest BCUT2D eigenvalue weighted by atomic mass is 9.94. The molecule has 0 aliphatic rings. The van der Waals surface area contributed by atoms with Crippen molar-refractivity contribution in [1.82, 2.24) is 20.9 Å². The average molecular weight is 641 g/mol. The summed E-state index contributed by atoms with van der Waals surface area (Å²) in [5.74, 6) is -4.90. The molecular weight excluding hydrogens is 598 g/mol. The zero-order chi connectivity index (χ0) is 33.0. The Kier molecular flexibility index (Phi) is 14.3. The van der Waals surface area contributed by atoms with Crippen LogP contribution in [-0.4, -0.2) is 82.7 Å². The van der Waals surface area contributed by atoms with E-state index >= 15 is 0 Å². The van der Waals surface area contributed by atoms with Gasteiger partial charge in [0.15, 0.2) is 9.84 Å². The number of rotatable bonds is 17. The highest BCUT2D eigenvalue weighted by Gasteiger charge is 2.36. The quantitative estimate of drug-likeness (QED) is 0.174. The normalized spacial score (nSPS) is 15.1. The van der Waals surface area contributed by atoms with Crippen LogP contribution in [0.25, 0.3) is 0 Å². The van der Waals surface area contributed by atoms with Gasteiger partial charge >= 0.3 is 0 Å². The van der Waals surface area contributed by atoms with Crippen molar-refractivity contribution in [3.05, 3.63) is 65.5 Å². The minimum atomic E-state index is -3.94. The van der Waals surface area contributed by atoms with Gasteiger partial charge in [0.25, 0.3) is 5.91 Å². The fourth-order valence-corrected chi connectivity index (χ4v) is 7.06. The summed E-state index contributed by atoms with van der Waals surface area (Å²) in [5.41, 5.74) is 0.0773. The lowest BCUT2D eigenvalue weighted by Gasteiger charge is -2.32. The first-order valence-corrected chi connectivity index (χ1v) is 16.2. The highest BCUT2D eigenvalue weighted by molar-refractivity contribution is 7.92. The Balaban J connectivity index is 2.48. The van der Waals surface area contributed by atoms with Gasteiger partial charge in [0.1, 0.15) is 29.9 Å². The zero-order valence-corrected chi connectivity index (χ0v) is 26.1. The predicted molar refractivity (Wildman–Crippen MR) is 160 cm³/mol. The molecule has 0 bridgehead atoms. The van der Waals surface area contributed by atoms with Gasteiger partial charge in [0.2, 0.25) is 11.8 Å². The van der Waals surface area contributed by atoms with E-state index in [-0.39, 0.29) is 11.1 Å². The Morgan fingerprint density at radius 3 is 2.09 bits per heavy atom. The number of benzene rings is 1. The fraction of sp³-hybridized carbons (Fsp3) is 0.533. The van der Waals surface area contributed by atoms with E-state index in [1.165, 1.54) is 38.4 Å². The monoisotopic (exact) mass is 640 g/mol. The third kappa shape index (κ3) is 11.2. The predicted octanol–water partition coefficient (Wildman–Crippen LogP) is 1.82. The van der Waals surface area contributed by atoms with Crippen LogP contribution in [-0.2, 0) is 25.8 Å². The van der Waals surface area contributed by atoms with Crippen molar-refractivity contribution < 1.29 is 41.8 Å². The van der Waals surface area contributed by atoms with E-state index in [0.29, 0.717) is 31.7 Å². The standard InChI is InChI=1S/C30H42F2N4O7S/c1-5-8-24(9-6-2)44(42,43)17-26(36-29(40)21-10-7-11-33-16-21)30(41)35-25(14-20-12-22(31)15-23(32)13-20)28(39)27(38)18(3)34-19(4)37/h7,10-13,15-16,18,24-28,38-39H,5-6,8-9,14,17H2,1-4H3,(H,34,37)(H,35,41)(H,36,40)/t18-,25+,26-,27-,28-/m1/s1. The molecule has 0 radical (unpaired) electrons. The molecule has 0 saturated carbocycles. The smallest absolute Gasteiger partial charge is 0.253 e. The molecule has 1 aromatic heterocycles. The number of aliphatic hydroxyl groups excluding tert-OH is 2. The highest BCUT2D eigenvalue weighted by atomic mass is 32.2. The van der Waals surface area contributed by atoms with Crippen molar-refractivity contribution in [2.45, 2.75) is 95.4 Å². The van der Waals surface area contributed by atoms with Crippen LogP contribution < -0.4 is 16.0 Å². The second-order valence-corrected chi connectivity index (χ2v) is 13.2. The highest BCUT2D eigenvalue weighted by Crippen LogP contribution is 2.18. The van der Waals surface area contributed by atoms with Gasteiger partial charge in [-0.3, -0.25) is 19.4 Å². The molecule has 14 heteroatoms. The molecule has 0 aliphatic carbocycles. The van der Waals surface area contributed by atoms with E-state index in [9.17, 15) is 41.8 Å². The van der Waals surface area contributed by atoms with Crippen molar-refractivity contribution in [3.63, 3.8) is 0 Å². The minimum absolute atomic E-state index is 0.0146. The van der Waals surface area contributed by atoms with Crippen molar-refractivity contribution in [2.75, 3.05) is 5.75 Å². The van der Waals surface area contributed by atoms with Crippen LogP contribution in [0.3, 0.4) is 0 Å². The summed E-state index contributed by atoms with van der Waals surface area (Å²) in [7, 11) is -3.94. The molecule has 44 heavy (non-hydrogen) atoms. The molecule has 2 rings (SSSR count). The first-order valence-electron chi connectivity index (χ1n) is 14.5. The first kappa shape index (κ1) is 36.7. The van der Waals surface area contributed by atoms with Gasteiger partial charge in [-0.1, -0.05) is 26.7 Å². The number of hydrogen-bond donors (Lipinski definition) is 5. The third-order valence-electron chi connectivity index (χ3n) is 7.08. The van der Waals surface area contributed by atoms with Crippen LogP contribution in [0, 0.1) is 11.6 Å². The number of hydrogen-bond acceptors (Lipinski definition) is 8. The molecule has 1 aromatic carbocycles. The lowest BCUT2D eigenvalue weighted by Crippen LogP contribution is -2.59. The molecule has 0 saturated heterocycles. The molecule has 11 nitrogen and oxygen atoms in total. The average Bonchev–Trinajstić information content (AvgIpc) is 2.95. The Morgan fingerprint density at radius 2 is 1.57 bits per heavy atom. The zero-order valence-electron chi connectivity index (χ0n) is 25.3. The molecule has 2 aromatic rings. The number of nitrogens with one attached hydrogen (secondary N) is 3. The van der Waals surface area contributed by atoms with E-state index in [2.05, 4.69) is 20.9 Å². The van der Waals surface area contributed by atoms with Gasteiger partial charge in [0, 0.05) is 25.4 Å². The third-order valence-corrected chi connectivity index (χ3v) is 9.37. The van der Waals surface area contributed by atoms with Gasteiger partial charge in [-0.25, -0.2) is 17.2 Å². The van der Waals surface area contributed by atoms with Crippen LogP contribution in [0.5, 0.6) is 0 Å². The van der Waals surface area contributed by atoms with E-state index in [0.717, 1.165) is 12.1 Å². The molecular formula is C30H42F2N4O7S. The Hall–Kier alpha value is -3.49. The summed E-state index contributed by atoms with van der Waals surface area (Å²) < 4.78 is 54.9. The van der Waals surface area contributed by atoms with Crippen LogP contribution in [0.2, 0.25) is 0 Å². The molecule has 3 amide bonds. The van der Waals surface area contributed by atoms with Crippen LogP contribution in [0.4, 0.5) is 8.78 Å². The number of pyridine rings is 1. The van der Waals surface area contributed by atoms with Crippen molar-refractivity contribution >= 4 is 27.6 Å². The van der Waals surface area contributed by atoms with Crippen LogP contribution in [0.1, 0.15) is 69.3 Å². The van der Waals surface area contributed by atoms with Crippen molar-refractivity contribution in [2.24, 2.45) is 0 Å². The number of aromatic nitrogens is 1. The molecule has 0 fully saturated rings. The number of carbonyl (C=O) groups is 3. The van der Waals surface area contributed by atoms with Gasteiger partial charge in [0.05, 0.1) is 28.6 Å². The summed E-state index contributed by atoms with van der Waals surface area (Å²) in [4.78, 5) is 42.1. The number of carbonyl (C=O) groups excluding carboxylic acids is 3. The van der Waals surface area contributed by atoms with Crippen molar-refractivity contribution in [3.8, 4) is 0 Å². The van der Waals surface area contributed by atoms with Crippen LogP contribution >= 0.6 is 0 Å². The number of halogens is 2. The molecule has 0 spiro atoms. The maximum Gasteiger partial charge on any atom is 0.253 e. The molecule has 1 heterocycles. The first-order chi connectivity index (χ1) is 20.7. The van der Waals surface area contributed by atoms with Crippen LogP contribution in [0.15, 0.2) is 42.7 Å². The maximum absolute atomic E-state index is 14.0. The van der Waals surface area contributed by atoms with E-state index in [4.69, 9.17) is 0 Å². The number of amides is 3. The fourth-order valence-electron chi connectivity index (χ4n) is 4.90. The number of nitrogens with zero attached hydrogens (tertiary/aromatic N) is 1. The Morgan fingerprint density at radius 1 is 0.955 bits per heavy atom. The van der Waals surface area contributed by atoms with Gasteiger partial charge in [-0.15, -0.1) is 0 Å². The van der Waals surface area contributed by atoms with Gasteiger partial charge < -0.3 is 26.2 Å². The molecule has 0 unspecified atom stereocenters. The maximum atomic E-state index is 14.0. The number of sulfone groups is 1. The number of aliphatic hydroxyl groups is 2. The summed E-state index contributed by atoms with van der Waals surface area (Å²) in [5, 5.41) is 28.4. The largest absolute Gasteiger partial charge is 0.388 e. The summed E-state index contributed by atoms with van der Waals surface area (Å²) in [6.45, 7) is 6.27. The Labute approximate surface area is 256 Å². The van der Waals surface area contributed by atoms with E-state index < -0.39 is 87.0 Å². The Bertz CT molecular complexity index is 1340. The molecule has 5 N–H and O–H groups in total. The van der Waals surface area contributed by atoms with Gasteiger partial charge in [-0.05, 0) is 56.0 Å². The second-order valence-electron chi connectivity index (χ2n) is 10.9. The molecule has 5 atom stereocenters. The summed E-state index contributed by atoms with van der Waals surface area (Å²) in [6.07, 6.45) is 0.662. The lowest BCUT2D eigenvalue weighted by molar-refractivity contribution is -0.126.